The van der Waals surface area contributed by atoms with E-state index in [1.165, 1.54) is 0 Å². The second kappa shape index (κ2) is 9.72. The molecular weight excluding hydrogens is 330 g/mol. The molecule has 26 heavy (non-hydrogen) atoms. The summed E-state index contributed by atoms with van der Waals surface area (Å²) in [7, 11) is 4.07. The van der Waals surface area contributed by atoms with Crippen molar-refractivity contribution in [1.82, 2.24) is 14.9 Å². The standard InChI is InChI=1S/C19H27N5O2/c1-5-26-17-10-7-6-9-15(17)22-18(25)16-13-14(2)21-19(23-16)20-11-8-12-24(3)4/h6-7,9-10,13H,5,8,11-12H2,1-4H3,(H,22,25)(H,20,21,23). The predicted molar refractivity (Wildman–Crippen MR) is 104 cm³/mol. The van der Waals surface area contributed by atoms with E-state index in [-0.39, 0.29) is 5.91 Å². The fourth-order valence-corrected chi connectivity index (χ4v) is 2.40. The minimum absolute atomic E-state index is 0.293. The summed E-state index contributed by atoms with van der Waals surface area (Å²) in [6.07, 6.45) is 0.966. The highest BCUT2D eigenvalue weighted by atomic mass is 16.5. The summed E-state index contributed by atoms with van der Waals surface area (Å²) in [5.41, 5.74) is 1.67. The Morgan fingerprint density at radius 1 is 1.23 bits per heavy atom. The molecule has 0 aliphatic rings. The zero-order valence-corrected chi connectivity index (χ0v) is 15.9. The van der Waals surface area contributed by atoms with E-state index in [4.69, 9.17) is 4.74 Å². The first kappa shape index (κ1) is 19.7. The van der Waals surface area contributed by atoms with Crippen molar-refractivity contribution < 1.29 is 9.53 Å². The van der Waals surface area contributed by atoms with E-state index in [2.05, 4.69) is 25.5 Å². The molecule has 0 radical (unpaired) electrons. The largest absolute Gasteiger partial charge is 0.492 e. The van der Waals surface area contributed by atoms with Gasteiger partial charge in [0.05, 0.1) is 12.3 Å². The number of nitrogens with one attached hydrogen (secondary N) is 2. The molecule has 0 aliphatic heterocycles. The van der Waals surface area contributed by atoms with E-state index in [0.29, 0.717) is 29.7 Å². The van der Waals surface area contributed by atoms with Gasteiger partial charge >= 0.3 is 0 Å². The topological polar surface area (TPSA) is 79.4 Å². The molecular formula is C19H27N5O2. The minimum Gasteiger partial charge on any atom is -0.492 e. The number of carbonyl (C=O) groups excluding carboxylic acids is 1. The quantitative estimate of drug-likeness (QED) is 0.672. The van der Waals surface area contributed by atoms with E-state index in [1.54, 1.807) is 12.1 Å². The van der Waals surface area contributed by atoms with Crippen LogP contribution in [0.15, 0.2) is 30.3 Å². The Hall–Kier alpha value is -2.67. The zero-order chi connectivity index (χ0) is 18.9. The maximum Gasteiger partial charge on any atom is 0.274 e. The van der Waals surface area contributed by atoms with E-state index in [0.717, 1.165) is 25.2 Å². The van der Waals surface area contributed by atoms with Crippen molar-refractivity contribution in [1.29, 1.82) is 0 Å². The van der Waals surface area contributed by atoms with Crippen molar-refractivity contribution in [2.45, 2.75) is 20.3 Å². The monoisotopic (exact) mass is 357 g/mol. The Bertz CT molecular complexity index is 734. The fraction of sp³-hybridized carbons (Fsp3) is 0.421. The third-order valence-corrected chi connectivity index (χ3v) is 3.59. The van der Waals surface area contributed by atoms with Gasteiger partial charge in [-0.25, -0.2) is 9.97 Å². The third kappa shape index (κ3) is 6.00. The number of anilines is 2. The lowest BCUT2D eigenvalue weighted by atomic mass is 10.2. The van der Waals surface area contributed by atoms with Crippen LogP contribution < -0.4 is 15.4 Å². The molecule has 140 valence electrons. The second-order valence-corrected chi connectivity index (χ2v) is 6.19. The molecule has 1 heterocycles. The molecule has 0 atom stereocenters. The van der Waals surface area contributed by atoms with Gasteiger partial charge in [-0.05, 0) is 59.1 Å². The number of ether oxygens (including phenoxy) is 1. The molecule has 1 amide bonds. The van der Waals surface area contributed by atoms with Gasteiger partial charge in [0.1, 0.15) is 11.4 Å². The average molecular weight is 357 g/mol. The van der Waals surface area contributed by atoms with E-state index < -0.39 is 0 Å². The highest BCUT2D eigenvalue weighted by Crippen LogP contribution is 2.24. The zero-order valence-electron chi connectivity index (χ0n) is 15.9. The van der Waals surface area contributed by atoms with Crippen LogP contribution in [0.2, 0.25) is 0 Å². The van der Waals surface area contributed by atoms with Gasteiger partial charge in [-0.2, -0.15) is 0 Å². The molecule has 7 nitrogen and oxygen atoms in total. The predicted octanol–water partition coefficient (Wildman–Crippen LogP) is 2.80. The summed E-state index contributed by atoms with van der Waals surface area (Å²) in [6.45, 7) is 6.00. The lowest BCUT2D eigenvalue weighted by Gasteiger charge is -2.12. The number of hydrogen-bond acceptors (Lipinski definition) is 6. The molecule has 0 unspecified atom stereocenters. The lowest BCUT2D eigenvalue weighted by Crippen LogP contribution is -2.19. The summed E-state index contributed by atoms with van der Waals surface area (Å²) >= 11 is 0. The summed E-state index contributed by atoms with van der Waals surface area (Å²) in [5.74, 6) is 0.808. The fourth-order valence-electron chi connectivity index (χ4n) is 2.40. The van der Waals surface area contributed by atoms with Crippen LogP contribution in [0.5, 0.6) is 5.75 Å². The van der Waals surface area contributed by atoms with Crippen LogP contribution in [0.4, 0.5) is 11.6 Å². The van der Waals surface area contributed by atoms with Crippen LogP contribution in [0, 0.1) is 6.92 Å². The van der Waals surface area contributed by atoms with Crippen molar-refractivity contribution in [2.24, 2.45) is 0 Å². The smallest absolute Gasteiger partial charge is 0.274 e. The molecule has 0 spiro atoms. The Morgan fingerprint density at radius 3 is 2.73 bits per heavy atom. The van der Waals surface area contributed by atoms with Gasteiger partial charge in [0.2, 0.25) is 5.95 Å². The first-order valence-electron chi connectivity index (χ1n) is 8.77. The molecule has 2 aromatic rings. The summed E-state index contributed by atoms with van der Waals surface area (Å²) < 4.78 is 5.54. The van der Waals surface area contributed by atoms with Gasteiger partial charge in [-0.15, -0.1) is 0 Å². The number of aromatic nitrogens is 2. The van der Waals surface area contributed by atoms with Crippen LogP contribution >= 0.6 is 0 Å². The van der Waals surface area contributed by atoms with Crippen LogP contribution in [0.25, 0.3) is 0 Å². The van der Waals surface area contributed by atoms with Gasteiger partial charge in [0.15, 0.2) is 0 Å². The van der Waals surface area contributed by atoms with Crippen LogP contribution in [-0.4, -0.2) is 54.6 Å². The van der Waals surface area contributed by atoms with Gasteiger partial charge in [0.25, 0.3) is 5.91 Å². The van der Waals surface area contributed by atoms with Crippen LogP contribution in [-0.2, 0) is 0 Å². The number of amides is 1. The second-order valence-electron chi connectivity index (χ2n) is 6.19. The van der Waals surface area contributed by atoms with Crippen molar-refractivity contribution in [3.05, 3.63) is 41.7 Å². The molecule has 1 aromatic heterocycles. The Labute approximate surface area is 154 Å². The maximum absolute atomic E-state index is 12.6. The Morgan fingerprint density at radius 2 is 2.00 bits per heavy atom. The lowest BCUT2D eigenvalue weighted by molar-refractivity contribution is 0.102. The Kier molecular flexibility index (Phi) is 7.35. The number of para-hydroxylation sites is 2. The SMILES string of the molecule is CCOc1ccccc1NC(=O)c1cc(C)nc(NCCCN(C)C)n1. The number of hydrogen-bond donors (Lipinski definition) is 2. The van der Waals surface area contributed by atoms with E-state index >= 15 is 0 Å². The molecule has 0 saturated heterocycles. The molecule has 0 saturated carbocycles. The third-order valence-electron chi connectivity index (χ3n) is 3.59. The van der Waals surface area contributed by atoms with E-state index in [1.807, 2.05) is 46.1 Å². The van der Waals surface area contributed by atoms with Crippen molar-refractivity contribution in [3.63, 3.8) is 0 Å². The van der Waals surface area contributed by atoms with Gasteiger partial charge in [0, 0.05) is 12.2 Å². The molecule has 0 aliphatic carbocycles. The van der Waals surface area contributed by atoms with Crippen LogP contribution in [0.3, 0.4) is 0 Å². The number of benzene rings is 1. The molecule has 0 fully saturated rings. The van der Waals surface area contributed by atoms with Gasteiger partial charge in [-0.3, -0.25) is 4.79 Å². The highest BCUT2D eigenvalue weighted by molar-refractivity contribution is 6.03. The molecule has 7 heteroatoms. The summed E-state index contributed by atoms with van der Waals surface area (Å²) in [5, 5.41) is 6.04. The molecule has 2 N–H and O–H groups in total. The van der Waals surface area contributed by atoms with Crippen molar-refractivity contribution in [3.8, 4) is 5.75 Å². The highest BCUT2D eigenvalue weighted by Gasteiger charge is 2.13. The normalized spacial score (nSPS) is 10.7. The minimum atomic E-state index is -0.293. The molecule has 1 aromatic carbocycles. The van der Waals surface area contributed by atoms with Crippen LogP contribution in [0.1, 0.15) is 29.5 Å². The Balaban J connectivity index is 2.07. The van der Waals surface area contributed by atoms with Crippen molar-refractivity contribution in [2.75, 3.05) is 44.4 Å². The van der Waals surface area contributed by atoms with Gasteiger partial charge in [-0.1, -0.05) is 12.1 Å². The number of rotatable bonds is 9. The maximum atomic E-state index is 12.6. The average Bonchev–Trinajstić information content (AvgIpc) is 2.60. The number of aryl methyl sites for hydroxylation is 1. The first-order valence-corrected chi connectivity index (χ1v) is 8.77. The van der Waals surface area contributed by atoms with Gasteiger partial charge < -0.3 is 20.3 Å². The molecule has 0 bridgehead atoms. The first-order chi connectivity index (χ1) is 12.5. The number of carbonyl (C=O) groups is 1. The summed E-state index contributed by atoms with van der Waals surface area (Å²) in [6, 6.07) is 9.01. The van der Waals surface area contributed by atoms with E-state index in [9.17, 15) is 4.79 Å². The van der Waals surface area contributed by atoms with Crippen molar-refractivity contribution >= 4 is 17.5 Å². The molecule has 2 rings (SSSR count). The number of nitrogens with zero attached hydrogens (tertiary/aromatic N) is 3. The summed E-state index contributed by atoms with van der Waals surface area (Å²) in [4.78, 5) is 23.4.